The van der Waals surface area contributed by atoms with E-state index in [9.17, 15) is 0 Å². The van der Waals surface area contributed by atoms with Crippen LogP contribution in [-0.2, 0) is 4.43 Å². The summed E-state index contributed by atoms with van der Waals surface area (Å²) in [7, 11) is -1.18. The van der Waals surface area contributed by atoms with E-state index in [-0.39, 0.29) is 0 Å². The average Bonchev–Trinajstić information content (AvgIpc) is 2.60. The van der Waals surface area contributed by atoms with Gasteiger partial charge in [-0.3, -0.25) is 0 Å². The van der Waals surface area contributed by atoms with Crippen LogP contribution in [-0.4, -0.2) is 14.9 Å². The van der Waals surface area contributed by atoms with Crippen molar-refractivity contribution >= 4 is 8.32 Å². The van der Waals surface area contributed by atoms with E-state index in [2.05, 4.69) is 68.1 Å². The quantitative estimate of drug-likeness (QED) is 0.414. The summed E-state index contributed by atoms with van der Waals surface area (Å²) in [6, 6.07) is 0. The summed E-state index contributed by atoms with van der Waals surface area (Å²) in [4.78, 5) is 0. The van der Waals surface area contributed by atoms with Gasteiger partial charge >= 0.3 is 0 Å². The van der Waals surface area contributed by atoms with Crippen molar-refractivity contribution < 1.29 is 4.43 Å². The molecule has 2 heteroatoms. The summed E-state index contributed by atoms with van der Waals surface area (Å²) in [5.41, 5.74) is 0. The van der Waals surface area contributed by atoms with Gasteiger partial charge in [-0.25, -0.2) is 0 Å². The molecule has 0 aliphatic heterocycles. The fourth-order valence-electron chi connectivity index (χ4n) is 1.82. The zero-order valence-electron chi connectivity index (χ0n) is 21.5. The van der Waals surface area contributed by atoms with Crippen molar-refractivity contribution in [1.82, 2.24) is 0 Å². The van der Waals surface area contributed by atoms with Crippen molar-refractivity contribution in [3.8, 4) is 0 Å². The molecule has 1 saturated carbocycles. The molecule has 0 aromatic heterocycles. The maximum Gasteiger partial charge on any atom is 0.183 e. The Hall–Kier alpha value is 0.177. The maximum absolute atomic E-state index is 5.52. The highest BCUT2D eigenvalue weighted by atomic mass is 28.4. The van der Waals surface area contributed by atoms with Gasteiger partial charge in [0.2, 0.25) is 0 Å². The van der Waals surface area contributed by atoms with Crippen molar-refractivity contribution in [2.75, 3.05) is 6.61 Å². The first-order valence-corrected chi connectivity index (χ1v) is 15.9. The monoisotopic (exact) mass is 404 g/mol. The predicted octanol–water partition coefficient (Wildman–Crippen LogP) is 10.4. The molecule has 1 fully saturated rings. The highest BCUT2D eigenvalue weighted by Crippen LogP contribution is 2.15. The van der Waals surface area contributed by atoms with Crippen LogP contribution in [0.4, 0.5) is 0 Å². The van der Waals surface area contributed by atoms with Crippen LogP contribution in [0.15, 0.2) is 0 Å². The van der Waals surface area contributed by atoms with Crippen LogP contribution >= 0.6 is 0 Å². The summed E-state index contributed by atoms with van der Waals surface area (Å²) in [5.74, 6) is 0. The van der Waals surface area contributed by atoms with Crippen LogP contribution in [0.2, 0.25) is 19.6 Å². The molecule has 0 unspecified atom stereocenters. The summed E-state index contributed by atoms with van der Waals surface area (Å²) in [6.07, 6.45) is 19.7. The Balaban J connectivity index is -0.000000130. The lowest BCUT2D eigenvalue weighted by Gasteiger charge is -2.15. The lowest BCUT2D eigenvalue weighted by molar-refractivity contribution is 0.311. The largest absolute Gasteiger partial charge is 0.418 e. The summed E-state index contributed by atoms with van der Waals surface area (Å²) >= 11 is 0. The van der Waals surface area contributed by atoms with Crippen LogP contribution in [0, 0.1) is 0 Å². The molecule has 1 aliphatic carbocycles. The van der Waals surface area contributed by atoms with E-state index < -0.39 is 8.32 Å². The second-order valence-corrected chi connectivity index (χ2v) is 13.0. The van der Waals surface area contributed by atoms with Gasteiger partial charge in [0.1, 0.15) is 0 Å². The van der Waals surface area contributed by atoms with Gasteiger partial charge in [0.25, 0.3) is 0 Å². The molecular weight excluding hydrogens is 344 g/mol. The second kappa shape index (κ2) is 33.7. The van der Waals surface area contributed by atoms with Gasteiger partial charge in [0.15, 0.2) is 8.32 Å². The first-order chi connectivity index (χ1) is 12.8. The Kier molecular flexibility index (Phi) is 43.3. The van der Waals surface area contributed by atoms with Gasteiger partial charge < -0.3 is 4.43 Å². The van der Waals surface area contributed by atoms with Gasteiger partial charge in [0.05, 0.1) is 0 Å². The second-order valence-electron chi connectivity index (χ2n) is 8.50. The van der Waals surface area contributed by atoms with Gasteiger partial charge in [-0.2, -0.15) is 0 Å². The Labute approximate surface area is 177 Å². The van der Waals surface area contributed by atoms with Crippen LogP contribution < -0.4 is 0 Å². The topological polar surface area (TPSA) is 9.23 Å². The highest BCUT2D eigenvalue weighted by molar-refractivity contribution is 6.69. The number of unbranched alkanes of at least 4 members (excludes halogenated alkanes) is 2. The van der Waals surface area contributed by atoms with Crippen molar-refractivity contribution in [3.63, 3.8) is 0 Å². The van der Waals surface area contributed by atoms with E-state index in [1.54, 1.807) is 0 Å². The number of hydrogen-bond donors (Lipinski definition) is 0. The SMILES string of the molecule is C1CCCCCCC1.CCC.CCCC.CCCC.CCCO[Si](C)(C)C. The third-order valence-electron chi connectivity index (χ3n) is 3.74. The first kappa shape index (κ1) is 34.7. The molecule has 0 radical (unpaired) electrons. The molecule has 0 heterocycles. The zero-order chi connectivity index (χ0) is 21.8. The van der Waals surface area contributed by atoms with Crippen molar-refractivity contribution in [3.05, 3.63) is 0 Å². The fraction of sp³-hybridized carbons (Fsp3) is 1.00. The smallest absolute Gasteiger partial charge is 0.183 e. The molecule has 170 valence electrons. The Morgan fingerprint density at radius 3 is 0.778 bits per heavy atom. The normalized spacial score (nSPS) is 13.6. The van der Waals surface area contributed by atoms with E-state index >= 15 is 0 Å². The van der Waals surface area contributed by atoms with Crippen LogP contribution in [0.25, 0.3) is 0 Å². The summed E-state index contributed by atoms with van der Waals surface area (Å²) in [5, 5.41) is 0. The molecule has 0 spiro atoms. The number of rotatable bonds is 5. The maximum atomic E-state index is 5.52. The van der Waals surface area contributed by atoms with Gasteiger partial charge in [-0.05, 0) is 26.1 Å². The minimum Gasteiger partial charge on any atom is -0.418 e. The molecule has 1 rings (SSSR count). The van der Waals surface area contributed by atoms with E-state index in [0.29, 0.717) is 0 Å². The van der Waals surface area contributed by atoms with Crippen molar-refractivity contribution in [1.29, 1.82) is 0 Å². The van der Waals surface area contributed by atoms with E-state index in [1.807, 2.05) is 0 Å². The molecule has 0 atom stereocenters. The first-order valence-electron chi connectivity index (χ1n) is 12.4. The standard InChI is InChI=1S/C8H16.C6H16OSi.2C4H10.C3H8/c1-2-4-6-8-7-5-3-1;1-5-6-7-8(2,3)4;2*1-3-4-2;1-3-2/h1-8H2;5-6H2,1-4H3;2*3-4H2,1-2H3;3H2,1-2H3. The zero-order valence-corrected chi connectivity index (χ0v) is 22.5. The van der Waals surface area contributed by atoms with Crippen molar-refractivity contribution in [2.24, 2.45) is 0 Å². The predicted molar refractivity (Wildman–Crippen MR) is 134 cm³/mol. The van der Waals surface area contributed by atoms with Crippen LogP contribution in [0.3, 0.4) is 0 Å². The Bertz CT molecular complexity index is 167. The molecule has 0 aromatic rings. The molecular formula is C25H60OSi. The minimum atomic E-state index is -1.18. The molecule has 0 amide bonds. The van der Waals surface area contributed by atoms with Crippen molar-refractivity contribution in [2.45, 2.75) is 158 Å². The van der Waals surface area contributed by atoms with Gasteiger partial charge in [-0.1, -0.05) is 132 Å². The van der Waals surface area contributed by atoms with E-state index in [0.717, 1.165) is 13.0 Å². The molecule has 0 aromatic carbocycles. The third kappa shape index (κ3) is 66.4. The van der Waals surface area contributed by atoms with Gasteiger partial charge in [-0.15, -0.1) is 0 Å². The Morgan fingerprint density at radius 1 is 0.481 bits per heavy atom. The minimum absolute atomic E-state index is 0.940. The molecule has 1 nitrogen and oxygen atoms in total. The van der Waals surface area contributed by atoms with E-state index in [4.69, 9.17) is 4.43 Å². The number of hydrogen-bond acceptors (Lipinski definition) is 1. The molecule has 27 heavy (non-hydrogen) atoms. The molecule has 0 saturated heterocycles. The fourth-order valence-corrected chi connectivity index (χ4v) is 2.64. The van der Waals surface area contributed by atoms with Crippen LogP contribution in [0.1, 0.15) is 138 Å². The summed E-state index contributed by atoms with van der Waals surface area (Å²) in [6.45, 7) is 22.7. The summed E-state index contributed by atoms with van der Waals surface area (Å²) < 4.78 is 5.52. The third-order valence-corrected chi connectivity index (χ3v) is 4.81. The molecule has 1 aliphatic rings. The lowest BCUT2D eigenvalue weighted by Crippen LogP contribution is -2.25. The average molecular weight is 405 g/mol. The van der Waals surface area contributed by atoms with Crippen LogP contribution in [0.5, 0.6) is 0 Å². The molecule has 0 N–H and O–H groups in total. The van der Waals surface area contributed by atoms with Gasteiger partial charge in [0, 0.05) is 6.61 Å². The Morgan fingerprint density at radius 2 is 0.704 bits per heavy atom. The lowest BCUT2D eigenvalue weighted by atomic mass is 10.0. The molecule has 0 bridgehead atoms. The highest BCUT2D eigenvalue weighted by Gasteiger charge is 2.12. The van der Waals surface area contributed by atoms with E-state index in [1.165, 1.54) is 83.5 Å².